The van der Waals surface area contributed by atoms with Gasteiger partial charge in [0.25, 0.3) is 5.91 Å². The molecule has 1 atom stereocenters. The number of benzene rings is 2. The number of carbonyl (C=O) groups excluding carboxylic acids is 1. The van der Waals surface area contributed by atoms with Crippen LogP contribution in [0, 0.1) is 0 Å². The highest BCUT2D eigenvalue weighted by molar-refractivity contribution is 9.10. The fourth-order valence-electron chi connectivity index (χ4n) is 1.78. The molecule has 0 aliphatic rings. The van der Waals surface area contributed by atoms with Gasteiger partial charge in [-0.1, -0.05) is 39.7 Å². The van der Waals surface area contributed by atoms with Gasteiger partial charge >= 0.3 is 0 Å². The van der Waals surface area contributed by atoms with Crippen molar-refractivity contribution in [2.24, 2.45) is 0 Å². The molecule has 1 N–H and O–H groups in total. The summed E-state index contributed by atoms with van der Waals surface area (Å²) < 4.78 is 1.70. The van der Waals surface area contributed by atoms with Crippen LogP contribution >= 0.6 is 43.5 Å². The minimum absolute atomic E-state index is 0.0711. The maximum atomic E-state index is 12.2. The molecule has 0 saturated carbocycles. The molecule has 0 saturated heterocycles. The van der Waals surface area contributed by atoms with Crippen LogP contribution < -0.4 is 5.32 Å². The van der Waals surface area contributed by atoms with E-state index in [9.17, 15) is 4.79 Å². The number of carbonyl (C=O) groups is 1. The van der Waals surface area contributed by atoms with Crippen LogP contribution in [0.1, 0.15) is 28.9 Å². The second kappa shape index (κ2) is 6.74. The van der Waals surface area contributed by atoms with Crippen molar-refractivity contribution in [2.45, 2.75) is 13.0 Å². The summed E-state index contributed by atoms with van der Waals surface area (Å²) in [5.74, 6) is -0.135. The molecule has 1 amide bonds. The maximum Gasteiger partial charge on any atom is 0.252 e. The first-order valence-corrected chi connectivity index (χ1v) is 7.95. The second-order valence-electron chi connectivity index (χ2n) is 4.37. The number of nitrogens with one attached hydrogen (secondary N) is 1. The van der Waals surface area contributed by atoms with Crippen LogP contribution in [0.25, 0.3) is 0 Å². The Morgan fingerprint density at radius 2 is 1.80 bits per heavy atom. The largest absolute Gasteiger partial charge is 0.345 e. The fraction of sp³-hybridized carbons (Fsp3) is 0.133. The molecular weight excluding hydrogens is 405 g/mol. The minimum Gasteiger partial charge on any atom is -0.345 e. The van der Waals surface area contributed by atoms with E-state index in [2.05, 4.69) is 37.2 Å². The average molecular weight is 418 g/mol. The molecule has 0 aromatic heterocycles. The Morgan fingerprint density at radius 1 is 1.15 bits per heavy atom. The van der Waals surface area contributed by atoms with E-state index in [4.69, 9.17) is 11.6 Å². The summed E-state index contributed by atoms with van der Waals surface area (Å²) in [6.07, 6.45) is 0. The number of amides is 1. The van der Waals surface area contributed by atoms with Gasteiger partial charge in [0.2, 0.25) is 0 Å². The van der Waals surface area contributed by atoms with Crippen LogP contribution in [0.2, 0.25) is 5.02 Å². The molecule has 0 radical (unpaired) electrons. The average Bonchev–Trinajstić information content (AvgIpc) is 2.39. The Kier molecular flexibility index (Phi) is 5.24. The van der Waals surface area contributed by atoms with Gasteiger partial charge in [0.05, 0.1) is 11.6 Å². The van der Waals surface area contributed by atoms with E-state index < -0.39 is 0 Å². The van der Waals surface area contributed by atoms with Crippen LogP contribution in [0.15, 0.2) is 51.4 Å². The zero-order valence-electron chi connectivity index (χ0n) is 10.7. The molecular formula is C15H12Br2ClNO. The predicted molar refractivity (Wildman–Crippen MR) is 89.2 cm³/mol. The van der Waals surface area contributed by atoms with E-state index in [1.54, 1.807) is 18.2 Å². The highest BCUT2D eigenvalue weighted by Gasteiger charge is 2.14. The fourth-order valence-corrected chi connectivity index (χ4v) is 2.91. The van der Waals surface area contributed by atoms with Gasteiger partial charge in [-0.2, -0.15) is 0 Å². The predicted octanol–water partition coefficient (Wildman–Crippen LogP) is 5.36. The molecule has 0 aliphatic carbocycles. The lowest BCUT2D eigenvalue weighted by atomic mass is 10.1. The van der Waals surface area contributed by atoms with Crippen molar-refractivity contribution in [1.29, 1.82) is 0 Å². The number of rotatable bonds is 3. The van der Waals surface area contributed by atoms with Gasteiger partial charge in [-0.15, -0.1) is 0 Å². The van der Waals surface area contributed by atoms with Gasteiger partial charge < -0.3 is 5.32 Å². The summed E-state index contributed by atoms with van der Waals surface area (Å²) in [5.41, 5.74) is 1.62. The Hall–Kier alpha value is -0.840. The Balaban J connectivity index is 2.13. The molecule has 0 heterocycles. The first-order valence-electron chi connectivity index (χ1n) is 5.99. The topological polar surface area (TPSA) is 29.1 Å². The third kappa shape index (κ3) is 3.84. The monoisotopic (exact) mass is 415 g/mol. The van der Waals surface area contributed by atoms with E-state index >= 15 is 0 Å². The van der Waals surface area contributed by atoms with Crippen LogP contribution in [0.5, 0.6) is 0 Å². The lowest BCUT2D eigenvalue weighted by Crippen LogP contribution is -2.26. The Bertz CT molecular complexity index is 628. The Labute approximate surface area is 139 Å². The van der Waals surface area contributed by atoms with Crippen molar-refractivity contribution < 1.29 is 4.79 Å². The normalized spacial score (nSPS) is 12.0. The molecule has 2 nitrogen and oxygen atoms in total. The molecule has 2 aromatic rings. The summed E-state index contributed by atoms with van der Waals surface area (Å²) in [6.45, 7) is 1.95. The van der Waals surface area contributed by atoms with Crippen molar-refractivity contribution in [3.8, 4) is 0 Å². The maximum absolute atomic E-state index is 12.2. The van der Waals surface area contributed by atoms with Crippen LogP contribution in [0.4, 0.5) is 0 Å². The first kappa shape index (κ1) is 15.5. The molecule has 0 spiro atoms. The van der Waals surface area contributed by atoms with Crippen LogP contribution in [-0.2, 0) is 0 Å². The van der Waals surface area contributed by atoms with Crippen molar-refractivity contribution in [3.63, 3.8) is 0 Å². The molecule has 20 heavy (non-hydrogen) atoms. The van der Waals surface area contributed by atoms with E-state index in [-0.39, 0.29) is 11.9 Å². The Morgan fingerprint density at radius 3 is 2.40 bits per heavy atom. The van der Waals surface area contributed by atoms with Crippen molar-refractivity contribution in [3.05, 3.63) is 67.6 Å². The third-order valence-electron chi connectivity index (χ3n) is 2.89. The van der Waals surface area contributed by atoms with Gasteiger partial charge in [0.15, 0.2) is 0 Å². The van der Waals surface area contributed by atoms with E-state index in [0.29, 0.717) is 15.1 Å². The summed E-state index contributed by atoms with van der Waals surface area (Å²) >= 11 is 12.6. The minimum atomic E-state index is -0.135. The summed E-state index contributed by atoms with van der Waals surface area (Å²) in [6, 6.07) is 12.9. The molecule has 0 aliphatic heterocycles. The van der Waals surface area contributed by atoms with Crippen LogP contribution in [-0.4, -0.2) is 5.91 Å². The van der Waals surface area contributed by atoms with E-state index in [1.807, 2.05) is 31.2 Å². The zero-order chi connectivity index (χ0) is 14.7. The van der Waals surface area contributed by atoms with Gasteiger partial charge in [-0.3, -0.25) is 4.79 Å². The standard InChI is InChI=1S/C15H12Br2ClNO/c1-9(10-2-4-11(16)5-3-10)19-15(20)13-7-6-12(18)8-14(13)17/h2-9H,1H3,(H,19,20)/t9-/m1/s1. The second-order valence-corrected chi connectivity index (χ2v) is 6.58. The summed E-state index contributed by atoms with van der Waals surface area (Å²) in [4.78, 5) is 12.2. The molecule has 0 unspecified atom stereocenters. The van der Waals surface area contributed by atoms with E-state index in [1.165, 1.54) is 0 Å². The first-order chi connectivity index (χ1) is 9.47. The van der Waals surface area contributed by atoms with Crippen molar-refractivity contribution in [1.82, 2.24) is 5.32 Å². The van der Waals surface area contributed by atoms with Crippen molar-refractivity contribution >= 4 is 49.4 Å². The van der Waals surface area contributed by atoms with E-state index in [0.717, 1.165) is 10.0 Å². The highest BCUT2D eigenvalue weighted by Crippen LogP contribution is 2.23. The molecule has 0 bridgehead atoms. The molecule has 104 valence electrons. The summed E-state index contributed by atoms with van der Waals surface area (Å²) in [5, 5.41) is 3.56. The van der Waals surface area contributed by atoms with Gasteiger partial charge in [-0.25, -0.2) is 0 Å². The molecule has 2 aromatic carbocycles. The smallest absolute Gasteiger partial charge is 0.252 e. The van der Waals surface area contributed by atoms with Gasteiger partial charge in [0.1, 0.15) is 0 Å². The number of hydrogen-bond donors (Lipinski definition) is 1. The lowest BCUT2D eigenvalue weighted by molar-refractivity contribution is 0.0939. The SMILES string of the molecule is C[C@@H](NC(=O)c1ccc(Cl)cc1Br)c1ccc(Br)cc1. The quantitative estimate of drug-likeness (QED) is 0.716. The third-order valence-corrected chi connectivity index (χ3v) is 4.31. The number of halogens is 3. The lowest BCUT2D eigenvalue weighted by Gasteiger charge is -2.15. The molecule has 5 heteroatoms. The van der Waals surface area contributed by atoms with Crippen molar-refractivity contribution in [2.75, 3.05) is 0 Å². The number of hydrogen-bond acceptors (Lipinski definition) is 1. The van der Waals surface area contributed by atoms with Crippen LogP contribution in [0.3, 0.4) is 0 Å². The molecule has 0 fully saturated rings. The summed E-state index contributed by atoms with van der Waals surface area (Å²) in [7, 11) is 0. The zero-order valence-corrected chi connectivity index (χ0v) is 14.6. The highest BCUT2D eigenvalue weighted by atomic mass is 79.9. The van der Waals surface area contributed by atoms with Gasteiger partial charge in [-0.05, 0) is 58.7 Å². The van der Waals surface area contributed by atoms with Gasteiger partial charge in [0, 0.05) is 14.0 Å². The molecule has 2 rings (SSSR count).